The van der Waals surface area contributed by atoms with Gasteiger partial charge in [0.1, 0.15) is 11.5 Å². The Morgan fingerprint density at radius 3 is 2.58 bits per heavy atom. The molecule has 1 rings (SSSR count). The van der Waals surface area contributed by atoms with Crippen LogP contribution in [0.25, 0.3) is 0 Å². The van der Waals surface area contributed by atoms with Gasteiger partial charge in [-0.2, -0.15) is 0 Å². The summed E-state index contributed by atoms with van der Waals surface area (Å²) in [5.41, 5.74) is 0.172. The number of rotatable bonds is 7. The summed E-state index contributed by atoms with van der Waals surface area (Å²) in [6, 6.07) is 4.47. The number of carbonyl (C=O) groups is 1. The first-order chi connectivity index (χ1) is 9.13. The Morgan fingerprint density at radius 2 is 2.05 bits per heavy atom. The molecule has 0 aliphatic rings. The van der Waals surface area contributed by atoms with Gasteiger partial charge in [0.15, 0.2) is 0 Å². The molecule has 0 radical (unpaired) electrons. The fourth-order valence-corrected chi connectivity index (χ4v) is 1.63. The van der Waals surface area contributed by atoms with Crippen molar-refractivity contribution in [3.63, 3.8) is 0 Å². The molecule has 0 heterocycles. The van der Waals surface area contributed by atoms with Gasteiger partial charge in [-0.05, 0) is 12.1 Å². The van der Waals surface area contributed by atoms with Crippen molar-refractivity contribution in [2.24, 2.45) is 0 Å². The molecule has 2 N–H and O–H groups in total. The molecule has 0 bridgehead atoms. The molecule has 6 heteroatoms. The van der Waals surface area contributed by atoms with Crippen molar-refractivity contribution in [1.29, 1.82) is 0 Å². The SMILES string of the molecule is COCCN(CCO)C(=O)c1ccc(OC)cc1O. The lowest BCUT2D eigenvalue weighted by Gasteiger charge is -2.21. The third-order valence-electron chi connectivity index (χ3n) is 2.66. The number of hydrogen-bond acceptors (Lipinski definition) is 5. The van der Waals surface area contributed by atoms with E-state index in [9.17, 15) is 9.90 Å². The molecule has 1 amide bonds. The molecule has 0 atom stereocenters. The molecule has 0 unspecified atom stereocenters. The summed E-state index contributed by atoms with van der Waals surface area (Å²) in [7, 11) is 3.01. The fraction of sp³-hybridized carbons (Fsp3) is 0.462. The Kier molecular flexibility index (Phi) is 6.11. The average molecular weight is 269 g/mol. The van der Waals surface area contributed by atoms with Gasteiger partial charge >= 0.3 is 0 Å². The van der Waals surface area contributed by atoms with E-state index in [-0.39, 0.29) is 30.4 Å². The minimum absolute atomic E-state index is 0.146. The van der Waals surface area contributed by atoms with Crippen LogP contribution in [0.15, 0.2) is 18.2 Å². The molecular weight excluding hydrogens is 250 g/mol. The highest BCUT2D eigenvalue weighted by atomic mass is 16.5. The van der Waals surface area contributed by atoms with Crippen molar-refractivity contribution in [3.8, 4) is 11.5 Å². The van der Waals surface area contributed by atoms with Crippen LogP contribution in [0.5, 0.6) is 11.5 Å². The van der Waals surface area contributed by atoms with Crippen molar-refractivity contribution >= 4 is 5.91 Å². The molecule has 19 heavy (non-hydrogen) atoms. The number of aromatic hydroxyl groups is 1. The molecule has 0 aliphatic heterocycles. The zero-order valence-corrected chi connectivity index (χ0v) is 11.1. The first-order valence-corrected chi connectivity index (χ1v) is 5.90. The van der Waals surface area contributed by atoms with E-state index in [2.05, 4.69) is 0 Å². The van der Waals surface area contributed by atoms with Crippen LogP contribution in [0.1, 0.15) is 10.4 Å². The van der Waals surface area contributed by atoms with Gasteiger partial charge in [-0.25, -0.2) is 0 Å². The van der Waals surface area contributed by atoms with Gasteiger partial charge < -0.3 is 24.6 Å². The standard InChI is InChI=1S/C13H19NO5/c1-18-8-6-14(5-7-15)13(17)11-4-3-10(19-2)9-12(11)16/h3-4,9,15-16H,5-8H2,1-2H3. The van der Waals surface area contributed by atoms with E-state index < -0.39 is 0 Å². The summed E-state index contributed by atoms with van der Waals surface area (Å²) in [6.45, 7) is 0.754. The lowest BCUT2D eigenvalue weighted by Crippen LogP contribution is -2.36. The van der Waals surface area contributed by atoms with Gasteiger partial charge in [-0.15, -0.1) is 0 Å². The summed E-state index contributed by atoms with van der Waals surface area (Å²) in [4.78, 5) is 13.6. The van der Waals surface area contributed by atoms with Gasteiger partial charge in [-0.1, -0.05) is 0 Å². The van der Waals surface area contributed by atoms with Crippen LogP contribution in [-0.2, 0) is 4.74 Å². The van der Waals surface area contributed by atoms with E-state index in [1.54, 1.807) is 6.07 Å². The molecule has 6 nitrogen and oxygen atoms in total. The second-order valence-electron chi connectivity index (χ2n) is 3.89. The number of methoxy groups -OCH3 is 2. The molecule has 106 valence electrons. The van der Waals surface area contributed by atoms with Crippen LogP contribution < -0.4 is 4.74 Å². The highest BCUT2D eigenvalue weighted by molar-refractivity contribution is 5.97. The summed E-state index contributed by atoms with van der Waals surface area (Å²) >= 11 is 0. The number of phenolic OH excluding ortho intramolecular Hbond substituents is 1. The van der Waals surface area contributed by atoms with Gasteiger partial charge in [0.25, 0.3) is 5.91 Å². The van der Waals surface area contributed by atoms with Crippen LogP contribution in [-0.4, -0.2) is 61.5 Å². The molecular formula is C13H19NO5. The number of aliphatic hydroxyl groups is 1. The van der Waals surface area contributed by atoms with Crippen molar-refractivity contribution in [1.82, 2.24) is 4.90 Å². The molecule has 0 fully saturated rings. The number of amides is 1. The van der Waals surface area contributed by atoms with Crippen molar-refractivity contribution in [3.05, 3.63) is 23.8 Å². The van der Waals surface area contributed by atoms with Crippen molar-refractivity contribution in [2.45, 2.75) is 0 Å². The fourth-order valence-electron chi connectivity index (χ4n) is 1.63. The average Bonchev–Trinajstić information content (AvgIpc) is 2.42. The highest BCUT2D eigenvalue weighted by Gasteiger charge is 2.18. The number of phenols is 1. The lowest BCUT2D eigenvalue weighted by molar-refractivity contribution is 0.0653. The molecule has 0 aromatic heterocycles. The molecule has 0 aliphatic carbocycles. The number of carbonyl (C=O) groups excluding carboxylic acids is 1. The number of hydrogen-bond donors (Lipinski definition) is 2. The minimum Gasteiger partial charge on any atom is -0.507 e. The molecule has 0 saturated heterocycles. The van der Waals surface area contributed by atoms with Gasteiger partial charge in [0.05, 0.1) is 25.9 Å². The Bertz CT molecular complexity index is 421. The van der Waals surface area contributed by atoms with Crippen molar-refractivity contribution < 1.29 is 24.5 Å². The van der Waals surface area contributed by atoms with E-state index >= 15 is 0 Å². The highest BCUT2D eigenvalue weighted by Crippen LogP contribution is 2.24. The van der Waals surface area contributed by atoms with Crippen molar-refractivity contribution in [2.75, 3.05) is 40.5 Å². The zero-order chi connectivity index (χ0) is 14.3. The molecule has 0 spiro atoms. The van der Waals surface area contributed by atoms with E-state index in [1.165, 1.54) is 31.3 Å². The second kappa shape index (κ2) is 7.60. The van der Waals surface area contributed by atoms with Crippen LogP contribution in [0.2, 0.25) is 0 Å². The molecule has 1 aromatic rings. The predicted molar refractivity (Wildman–Crippen MR) is 69.5 cm³/mol. The monoisotopic (exact) mass is 269 g/mol. The van der Waals surface area contributed by atoms with Gasteiger partial charge in [-0.3, -0.25) is 4.79 Å². The summed E-state index contributed by atoms with van der Waals surface area (Å²) in [6.07, 6.45) is 0. The van der Waals surface area contributed by atoms with Crippen LogP contribution in [0.3, 0.4) is 0 Å². The maximum Gasteiger partial charge on any atom is 0.257 e. The summed E-state index contributed by atoms with van der Waals surface area (Å²) in [5, 5.41) is 18.8. The van der Waals surface area contributed by atoms with Gasteiger partial charge in [0.2, 0.25) is 0 Å². The van der Waals surface area contributed by atoms with E-state index in [0.29, 0.717) is 18.9 Å². The number of benzene rings is 1. The predicted octanol–water partition coefficient (Wildman–Crippen LogP) is 0.482. The quantitative estimate of drug-likeness (QED) is 0.752. The van der Waals surface area contributed by atoms with Gasteiger partial charge in [0, 0.05) is 26.3 Å². The topological polar surface area (TPSA) is 79.2 Å². The van der Waals surface area contributed by atoms with Crippen LogP contribution in [0.4, 0.5) is 0 Å². The maximum atomic E-state index is 12.2. The van der Waals surface area contributed by atoms with E-state index in [0.717, 1.165) is 0 Å². The third kappa shape index (κ3) is 4.11. The van der Waals surface area contributed by atoms with Crippen LogP contribution >= 0.6 is 0 Å². The first-order valence-electron chi connectivity index (χ1n) is 5.90. The molecule has 1 aromatic carbocycles. The molecule has 0 saturated carbocycles. The van der Waals surface area contributed by atoms with Crippen LogP contribution in [0, 0.1) is 0 Å². The summed E-state index contributed by atoms with van der Waals surface area (Å²) in [5.74, 6) is -0.0318. The Hall–Kier alpha value is -1.79. The largest absolute Gasteiger partial charge is 0.507 e. The van der Waals surface area contributed by atoms with E-state index in [1.807, 2.05) is 0 Å². The first kappa shape index (κ1) is 15.3. The van der Waals surface area contributed by atoms with E-state index in [4.69, 9.17) is 14.6 Å². The number of aliphatic hydroxyl groups excluding tert-OH is 1. The number of nitrogens with zero attached hydrogens (tertiary/aromatic N) is 1. The summed E-state index contributed by atoms with van der Waals surface area (Å²) < 4.78 is 9.87. The Morgan fingerprint density at radius 1 is 1.32 bits per heavy atom. The zero-order valence-electron chi connectivity index (χ0n) is 11.1. The smallest absolute Gasteiger partial charge is 0.257 e. The normalized spacial score (nSPS) is 10.3. The maximum absolute atomic E-state index is 12.2. The Balaban J connectivity index is 2.89. The lowest BCUT2D eigenvalue weighted by atomic mass is 10.1. The Labute approximate surface area is 112 Å². The minimum atomic E-state index is -0.355. The second-order valence-corrected chi connectivity index (χ2v) is 3.89. The number of ether oxygens (including phenoxy) is 2. The third-order valence-corrected chi connectivity index (χ3v) is 2.66.